The van der Waals surface area contributed by atoms with Gasteiger partial charge >= 0.3 is 0 Å². The van der Waals surface area contributed by atoms with E-state index in [-0.39, 0.29) is 29.5 Å². The Balaban J connectivity index is 2.07. The van der Waals surface area contributed by atoms with Gasteiger partial charge in [0.05, 0.1) is 0 Å². The van der Waals surface area contributed by atoms with E-state index in [0.717, 1.165) is 12.1 Å². The average molecular weight is 334 g/mol. The Morgan fingerprint density at radius 3 is 2.62 bits per heavy atom. The molecule has 0 unspecified atom stereocenters. The van der Waals surface area contributed by atoms with E-state index in [2.05, 4.69) is 10.3 Å². The number of nitrogens with one attached hydrogen (secondary N) is 1. The number of halogens is 2. The number of pyridine rings is 1. The lowest BCUT2D eigenvalue weighted by Crippen LogP contribution is -2.27. The molecule has 0 saturated carbocycles. The van der Waals surface area contributed by atoms with Crippen LogP contribution in [0.15, 0.2) is 36.5 Å². The molecule has 0 atom stereocenters. The van der Waals surface area contributed by atoms with Gasteiger partial charge in [-0.25, -0.2) is 13.8 Å². The molecule has 1 aromatic carbocycles. The molecule has 1 amide bonds. The van der Waals surface area contributed by atoms with Crippen LogP contribution >= 0.6 is 0 Å². The monoisotopic (exact) mass is 334 g/mol. The molecule has 0 aliphatic heterocycles. The molecule has 2 aromatic rings. The number of benzene rings is 1. The van der Waals surface area contributed by atoms with Gasteiger partial charge in [0.15, 0.2) is 11.6 Å². The smallest absolute Gasteiger partial charge is 0.224 e. The van der Waals surface area contributed by atoms with Gasteiger partial charge < -0.3 is 10.1 Å². The summed E-state index contributed by atoms with van der Waals surface area (Å²) in [5, 5.41) is 2.81. The second-order valence-electron chi connectivity index (χ2n) is 6.66. The molecule has 0 spiro atoms. The number of carbonyl (C=O) groups excluding carboxylic acids is 1. The lowest BCUT2D eigenvalue weighted by atomic mass is 9.92. The lowest BCUT2D eigenvalue weighted by Gasteiger charge is -2.17. The number of amides is 1. The first-order valence-corrected chi connectivity index (χ1v) is 7.58. The van der Waals surface area contributed by atoms with Gasteiger partial charge in [0.25, 0.3) is 0 Å². The molecule has 0 fully saturated rings. The predicted octanol–water partition coefficient (Wildman–Crippen LogP) is 4.20. The summed E-state index contributed by atoms with van der Waals surface area (Å²) in [6.07, 6.45) is 1.92. The first-order chi connectivity index (χ1) is 11.2. The van der Waals surface area contributed by atoms with Crippen LogP contribution in [0.5, 0.6) is 11.6 Å². The fourth-order valence-electron chi connectivity index (χ4n) is 2.04. The van der Waals surface area contributed by atoms with E-state index < -0.39 is 11.6 Å². The van der Waals surface area contributed by atoms with Crippen molar-refractivity contribution in [2.45, 2.75) is 33.7 Å². The van der Waals surface area contributed by atoms with Crippen LogP contribution in [0.1, 0.15) is 32.8 Å². The van der Waals surface area contributed by atoms with E-state index in [1.165, 1.54) is 12.3 Å². The van der Waals surface area contributed by atoms with Gasteiger partial charge in [-0.05, 0) is 23.6 Å². The van der Waals surface area contributed by atoms with Crippen molar-refractivity contribution in [3.05, 3.63) is 53.7 Å². The zero-order chi connectivity index (χ0) is 17.7. The van der Waals surface area contributed by atoms with Gasteiger partial charge in [-0.2, -0.15) is 0 Å². The lowest BCUT2D eigenvalue weighted by molar-refractivity contribution is -0.122. The Kier molecular flexibility index (Phi) is 5.49. The van der Waals surface area contributed by atoms with Crippen LogP contribution in [0.25, 0.3) is 0 Å². The number of nitrogens with zero attached hydrogens (tertiary/aromatic N) is 1. The molecular weight excluding hydrogens is 314 g/mol. The Bertz CT molecular complexity index is 727. The predicted molar refractivity (Wildman–Crippen MR) is 86.6 cm³/mol. The van der Waals surface area contributed by atoms with Gasteiger partial charge in [0, 0.05) is 30.8 Å². The topological polar surface area (TPSA) is 51.2 Å². The van der Waals surface area contributed by atoms with Gasteiger partial charge in [0.2, 0.25) is 11.8 Å². The average Bonchev–Trinajstić information content (AvgIpc) is 2.48. The van der Waals surface area contributed by atoms with Crippen LogP contribution in [0.2, 0.25) is 0 Å². The molecule has 1 N–H and O–H groups in total. The number of carbonyl (C=O) groups is 1. The van der Waals surface area contributed by atoms with Crippen LogP contribution in [-0.2, 0) is 11.3 Å². The summed E-state index contributed by atoms with van der Waals surface area (Å²) in [5.74, 6) is -1.65. The summed E-state index contributed by atoms with van der Waals surface area (Å²) in [5.41, 5.74) is 0.536. The highest BCUT2D eigenvalue weighted by Crippen LogP contribution is 2.24. The summed E-state index contributed by atoms with van der Waals surface area (Å²) in [4.78, 5) is 16.0. The van der Waals surface area contributed by atoms with E-state index in [0.29, 0.717) is 12.0 Å². The first-order valence-electron chi connectivity index (χ1n) is 7.58. The Morgan fingerprint density at radius 2 is 1.96 bits per heavy atom. The van der Waals surface area contributed by atoms with Crippen LogP contribution in [0.3, 0.4) is 0 Å². The van der Waals surface area contributed by atoms with Crippen molar-refractivity contribution in [2.75, 3.05) is 0 Å². The third-order valence-corrected chi connectivity index (χ3v) is 3.12. The molecule has 0 bridgehead atoms. The van der Waals surface area contributed by atoms with E-state index >= 15 is 0 Å². The van der Waals surface area contributed by atoms with Crippen molar-refractivity contribution in [3.63, 3.8) is 0 Å². The molecule has 6 heteroatoms. The van der Waals surface area contributed by atoms with E-state index in [4.69, 9.17) is 4.74 Å². The summed E-state index contributed by atoms with van der Waals surface area (Å²) in [6.45, 7) is 6.18. The molecule has 1 heterocycles. The standard InChI is InChI=1S/C18H20F2N2O2/c1-18(2,3)10-16(23)22-11-12-5-4-8-21-17(12)24-13-6-7-14(19)15(20)9-13/h4-9H,10-11H2,1-3H3,(H,22,23). The fraction of sp³-hybridized carbons (Fsp3) is 0.333. The highest BCUT2D eigenvalue weighted by Gasteiger charge is 2.16. The minimum atomic E-state index is -0.997. The van der Waals surface area contributed by atoms with E-state index in [9.17, 15) is 13.6 Å². The van der Waals surface area contributed by atoms with Crippen molar-refractivity contribution in [3.8, 4) is 11.6 Å². The summed E-state index contributed by atoms with van der Waals surface area (Å²) in [7, 11) is 0. The summed E-state index contributed by atoms with van der Waals surface area (Å²) in [6, 6.07) is 6.71. The van der Waals surface area contributed by atoms with E-state index in [1.54, 1.807) is 12.1 Å². The van der Waals surface area contributed by atoms with Crippen molar-refractivity contribution < 1.29 is 18.3 Å². The second kappa shape index (κ2) is 7.38. The molecule has 4 nitrogen and oxygen atoms in total. The molecule has 128 valence electrons. The number of rotatable bonds is 5. The fourth-order valence-corrected chi connectivity index (χ4v) is 2.04. The zero-order valence-corrected chi connectivity index (χ0v) is 13.9. The van der Waals surface area contributed by atoms with Gasteiger partial charge in [0.1, 0.15) is 5.75 Å². The van der Waals surface area contributed by atoms with Gasteiger partial charge in [-0.1, -0.05) is 26.8 Å². The van der Waals surface area contributed by atoms with Crippen molar-refractivity contribution >= 4 is 5.91 Å². The first kappa shape index (κ1) is 17.8. The number of ether oxygens (including phenoxy) is 1. The third kappa shape index (κ3) is 5.30. The van der Waals surface area contributed by atoms with Gasteiger partial charge in [-0.3, -0.25) is 4.79 Å². The summed E-state index contributed by atoms with van der Waals surface area (Å²) < 4.78 is 31.7. The van der Waals surface area contributed by atoms with Crippen LogP contribution in [0, 0.1) is 17.0 Å². The SMILES string of the molecule is CC(C)(C)CC(=O)NCc1cccnc1Oc1ccc(F)c(F)c1. The molecule has 0 aliphatic carbocycles. The zero-order valence-electron chi connectivity index (χ0n) is 13.9. The maximum absolute atomic E-state index is 13.3. The van der Waals surface area contributed by atoms with Crippen molar-refractivity contribution in [1.29, 1.82) is 0 Å². The minimum absolute atomic E-state index is 0.0786. The highest BCUT2D eigenvalue weighted by molar-refractivity contribution is 5.76. The number of hydrogen-bond acceptors (Lipinski definition) is 3. The number of hydrogen-bond donors (Lipinski definition) is 1. The molecule has 0 radical (unpaired) electrons. The normalized spacial score (nSPS) is 11.2. The summed E-state index contributed by atoms with van der Waals surface area (Å²) >= 11 is 0. The maximum Gasteiger partial charge on any atom is 0.224 e. The molecule has 0 saturated heterocycles. The Labute approximate surface area is 139 Å². The second-order valence-corrected chi connectivity index (χ2v) is 6.66. The quantitative estimate of drug-likeness (QED) is 0.891. The van der Waals surface area contributed by atoms with Gasteiger partial charge in [-0.15, -0.1) is 0 Å². The maximum atomic E-state index is 13.3. The highest BCUT2D eigenvalue weighted by atomic mass is 19.2. The van der Waals surface area contributed by atoms with Crippen molar-refractivity contribution in [1.82, 2.24) is 10.3 Å². The Hall–Kier alpha value is -2.50. The van der Waals surface area contributed by atoms with E-state index in [1.807, 2.05) is 20.8 Å². The molecular formula is C18H20F2N2O2. The largest absolute Gasteiger partial charge is 0.439 e. The van der Waals surface area contributed by atoms with Crippen LogP contribution in [0.4, 0.5) is 8.78 Å². The molecule has 2 rings (SSSR count). The Morgan fingerprint density at radius 1 is 1.21 bits per heavy atom. The van der Waals surface area contributed by atoms with Crippen molar-refractivity contribution in [2.24, 2.45) is 5.41 Å². The minimum Gasteiger partial charge on any atom is -0.439 e. The molecule has 0 aliphatic rings. The van der Waals surface area contributed by atoms with Crippen LogP contribution in [-0.4, -0.2) is 10.9 Å². The van der Waals surface area contributed by atoms with Crippen LogP contribution < -0.4 is 10.1 Å². The number of aromatic nitrogens is 1. The third-order valence-electron chi connectivity index (χ3n) is 3.12. The molecule has 1 aromatic heterocycles. The molecule has 24 heavy (non-hydrogen) atoms.